The highest BCUT2D eigenvalue weighted by Gasteiger charge is 2.45. The number of phenolic OH excluding ortho intramolecular Hbond substituents is 1. The fourth-order valence-corrected chi connectivity index (χ4v) is 2.05. The lowest BCUT2D eigenvalue weighted by Crippen LogP contribution is -2.20. The lowest BCUT2D eigenvalue weighted by molar-refractivity contribution is -0.139. The van der Waals surface area contributed by atoms with Crippen LogP contribution < -0.4 is 10.5 Å². The summed E-state index contributed by atoms with van der Waals surface area (Å²) in [5.74, 6) is -1.04. The molecule has 2 rings (SSSR count). The summed E-state index contributed by atoms with van der Waals surface area (Å²) < 4.78 is 43.2. The molecule has 18 heavy (non-hydrogen) atoms. The van der Waals surface area contributed by atoms with Crippen LogP contribution in [0.1, 0.15) is 24.0 Å². The first-order valence-corrected chi connectivity index (χ1v) is 5.53. The molecule has 0 amide bonds. The molecule has 0 radical (unpaired) electrons. The average Bonchev–Trinajstić information content (AvgIpc) is 3.08. The van der Waals surface area contributed by atoms with Gasteiger partial charge in [0.2, 0.25) is 0 Å². The lowest BCUT2D eigenvalue weighted by atomic mass is 9.93. The Balaban J connectivity index is 2.57. The molecule has 1 fully saturated rings. The van der Waals surface area contributed by atoms with E-state index in [-0.39, 0.29) is 17.7 Å². The number of halogens is 3. The second-order valence-electron chi connectivity index (χ2n) is 4.56. The van der Waals surface area contributed by atoms with Crippen molar-refractivity contribution in [3.8, 4) is 11.5 Å². The van der Waals surface area contributed by atoms with Crippen LogP contribution >= 0.6 is 0 Å². The van der Waals surface area contributed by atoms with Gasteiger partial charge in [-0.3, -0.25) is 0 Å². The summed E-state index contributed by atoms with van der Waals surface area (Å²) in [5.41, 5.74) is 4.62. The van der Waals surface area contributed by atoms with Crippen LogP contribution in [0.4, 0.5) is 13.2 Å². The maximum atomic E-state index is 12.8. The van der Waals surface area contributed by atoms with Crippen LogP contribution in [-0.4, -0.2) is 18.8 Å². The standard InChI is InChI=1S/C12H14F3NO2/c1-18-9-5-7(11(6-16)2-3-11)4-8(10(9)17)12(13,14)15/h4-5,17H,2-3,6,16H2,1H3. The Morgan fingerprint density at radius 1 is 1.39 bits per heavy atom. The molecule has 0 bridgehead atoms. The van der Waals surface area contributed by atoms with E-state index in [1.807, 2.05) is 0 Å². The molecule has 6 heteroatoms. The summed E-state index contributed by atoms with van der Waals surface area (Å²) >= 11 is 0. The maximum Gasteiger partial charge on any atom is 0.420 e. The van der Waals surface area contributed by atoms with Crippen molar-refractivity contribution >= 4 is 0 Å². The van der Waals surface area contributed by atoms with Crippen molar-refractivity contribution in [2.24, 2.45) is 5.73 Å². The first-order chi connectivity index (χ1) is 8.34. The van der Waals surface area contributed by atoms with Crippen LogP contribution in [0, 0.1) is 0 Å². The molecule has 0 unspecified atom stereocenters. The highest BCUT2D eigenvalue weighted by Crippen LogP contribution is 2.51. The fraction of sp³-hybridized carbons (Fsp3) is 0.500. The van der Waals surface area contributed by atoms with Gasteiger partial charge in [-0.1, -0.05) is 0 Å². The van der Waals surface area contributed by atoms with E-state index in [0.29, 0.717) is 5.56 Å². The average molecular weight is 261 g/mol. The van der Waals surface area contributed by atoms with E-state index in [1.54, 1.807) is 0 Å². The van der Waals surface area contributed by atoms with E-state index >= 15 is 0 Å². The normalized spacial score (nSPS) is 17.6. The van der Waals surface area contributed by atoms with Crippen LogP contribution in [0.2, 0.25) is 0 Å². The van der Waals surface area contributed by atoms with Crippen LogP contribution in [0.25, 0.3) is 0 Å². The van der Waals surface area contributed by atoms with E-state index in [0.717, 1.165) is 18.9 Å². The molecule has 0 atom stereocenters. The number of rotatable bonds is 3. The molecule has 100 valence electrons. The predicted molar refractivity (Wildman–Crippen MR) is 59.6 cm³/mol. The highest BCUT2D eigenvalue weighted by atomic mass is 19.4. The topological polar surface area (TPSA) is 55.5 Å². The summed E-state index contributed by atoms with van der Waals surface area (Å²) in [4.78, 5) is 0. The maximum absolute atomic E-state index is 12.8. The van der Waals surface area contributed by atoms with Crippen molar-refractivity contribution in [1.82, 2.24) is 0 Å². The summed E-state index contributed by atoms with van der Waals surface area (Å²) in [6.45, 7) is 0.290. The molecule has 0 heterocycles. The van der Waals surface area contributed by atoms with E-state index in [1.165, 1.54) is 13.2 Å². The lowest BCUT2D eigenvalue weighted by Gasteiger charge is -2.18. The van der Waals surface area contributed by atoms with Crippen molar-refractivity contribution in [3.05, 3.63) is 23.3 Å². The number of methoxy groups -OCH3 is 1. The summed E-state index contributed by atoms with van der Waals surface area (Å²) in [7, 11) is 1.22. The molecular formula is C12H14F3NO2. The fourth-order valence-electron chi connectivity index (χ4n) is 2.05. The van der Waals surface area contributed by atoms with E-state index in [2.05, 4.69) is 0 Å². The van der Waals surface area contributed by atoms with Crippen molar-refractivity contribution in [1.29, 1.82) is 0 Å². The summed E-state index contributed by atoms with van der Waals surface area (Å²) in [5, 5.41) is 9.53. The van der Waals surface area contributed by atoms with Gasteiger partial charge in [0.25, 0.3) is 0 Å². The Morgan fingerprint density at radius 3 is 2.39 bits per heavy atom. The van der Waals surface area contributed by atoms with Gasteiger partial charge < -0.3 is 15.6 Å². The molecule has 3 nitrogen and oxygen atoms in total. The second kappa shape index (κ2) is 4.05. The van der Waals surface area contributed by atoms with Gasteiger partial charge in [-0.05, 0) is 30.5 Å². The molecule has 1 saturated carbocycles. The monoisotopic (exact) mass is 261 g/mol. The predicted octanol–water partition coefficient (Wildman–Crippen LogP) is 2.41. The quantitative estimate of drug-likeness (QED) is 0.878. The number of hydrogen-bond acceptors (Lipinski definition) is 3. The Kier molecular flexibility index (Phi) is 2.93. The van der Waals surface area contributed by atoms with E-state index in [4.69, 9.17) is 10.5 Å². The largest absolute Gasteiger partial charge is 0.504 e. The number of aromatic hydroxyl groups is 1. The van der Waals surface area contributed by atoms with E-state index in [9.17, 15) is 18.3 Å². The third-order valence-corrected chi connectivity index (χ3v) is 3.46. The zero-order valence-corrected chi connectivity index (χ0v) is 9.84. The van der Waals surface area contributed by atoms with Gasteiger partial charge in [-0.15, -0.1) is 0 Å². The molecule has 0 saturated heterocycles. The number of phenols is 1. The molecule has 0 aromatic heterocycles. The second-order valence-corrected chi connectivity index (χ2v) is 4.56. The number of benzene rings is 1. The molecule has 1 aromatic rings. The van der Waals surface area contributed by atoms with Crippen LogP contribution in [0.5, 0.6) is 11.5 Å². The zero-order chi connectivity index (χ0) is 13.6. The Bertz CT molecular complexity index is 467. The Labute approximate surface area is 102 Å². The molecule has 0 spiro atoms. The number of nitrogens with two attached hydrogens (primary N) is 1. The smallest absolute Gasteiger partial charge is 0.420 e. The Morgan fingerprint density at radius 2 is 2.00 bits per heavy atom. The van der Waals surface area contributed by atoms with Gasteiger partial charge >= 0.3 is 6.18 Å². The van der Waals surface area contributed by atoms with Crippen molar-refractivity contribution in [2.45, 2.75) is 24.4 Å². The highest BCUT2D eigenvalue weighted by molar-refractivity contribution is 5.52. The van der Waals surface area contributed by atoms with Gasteiger partial charge in [-0.25, -0.2) is 0 Å². The third kappa shape index (κ3) is 2.01. The molecule has 1 aliphatic rings. The number of ether oxygens (including phenoxy) is 1. The van der Waals surface area contributed by atoms with Crippen molar-refractivity contribution < 1.29 is 23.0 Å². The summed E-state index contributed by atoms with van der Waals surface area (Å²) in [6, 6.07) is 2.40. The van der Waals surface area contributed by atoms with Crippen LogP contribution in [0.15, 0.2) is 12.1 Å². The van der Waals surface area contributed by atoms with Gasteiger partial charge in [0.1, 0.15) is 5.56 Å². The first-order valence-electron chi connectivity index (χ1n) is 5.53. The minimum absolute atomic E-state index is 0.167. The van der Waals surface area contributed by atoms with Gasteiger partial charge in [0.15, 0.2) is 11.5 Å². The first kappa shape index (κ1) is 13.0. The van der Waals surface area contributed by atoms with Gasteiger partial charge in [0.05, 0.1) is 7.11 Å². The minimum atomic E-state index is -4.61. The minimum Gasteiger partial charge on any atom is -0.504 e. The molecule has 1 aliphatic carbocycles. The summed E-state index contributed by atoms with van der Waals surface area (Å²) in [6.07, 6.45) is -3.10. The molecular weight excluding hydrogens is 247 g/mol. The van der Waals surface area contributed by atoms with Crippen LogP contribution in [-0.2, 0) is 11.6 Å². The number of alkyl halides is 3. The van der Waals surface area contributed by atoms with Gasteiger partial charge in [0, 0.05) is 12.0 Å². The van der Waals surface area contributed by atoms with Crippen molar-refractivity contribution in [2.75, 3.05) is 13.7 Å². The zero-order valence-electron chi connectivity index (χ0n) is 9.84. The Hall–Kier alpha value is -1.43. The van der Waals surface area contributed by atoms with E-state index < -0.39 is 17.5 Å². The third-order valence-electron chi connectivity index (χ3n) is 3.46. The van der Waals surface area contributed by atoms with Gasteiger partial charge in [-0.2, -0.15) is 13.2 Å². The SMILES string of the molecule is COc1cc(C2(CN)CC2)cc(C(F)(F)F)c1O. The molecule has 0 aliphatic heterocycles. The number of hydrogen-bond donors (Lipinski definition) is 2. The van der Waals surface area contributed by atoms with Crippen molar-refractivity contribution in [3.63, 3.8) is 0 Å². The van der Waals surface area contributed by atoms with Crippen LogP contribution in [0.3, 0.4) is 0 Å². The molecule has 1 aromatic carbocycles. The molecule has 3 N–H and O–H groups in total.